The van der Waals surface area contributed by atoms with Gasteiger partial charge in [0.25, 0.3) is 0 Å². The van der Waals surface area contributed by atoms with E-state index < -0.39 is 0 Å². The molecule has 0 bridgehead atoms. The number of hydrogen-bond donors (Lipinski definition) is 2. The van der Waals surface area contributed by atoms with Crippen molar-refractivity contribution in [1.29, 1.82) is 0 Å². The summed E-state index contributed by atoms with van der Waals surface area (Å²) in [6.07, 6.45) is 0. The third-order valence-electron chi connectivity index (χ3n) is 2.57. The van der Waals surface area contributed by atoms with Crippen LogP contribution in [0, 0.1) is 11.8 Å². The molecule has 0 spiro atoms. The molecule has 1 aliphatic rings. The largest absolute Gasteiger partial charge is 0.383 e. The highest BCUT2D eigenvalue weighted by atomic mass is 16.5. The lowest BCUT2D eigenvalue weighted by atomic mass is 9.89. The van der Waals surface area contributed by atoms with Gasteiger partial charge in [0.1, 0.15) is 0 Å². The molecule has 1 saturated heterocycles. The van der Waals surface area contributed by atoms with Crippen LogP contribution in [0.25, 0.3) is 0 Å². The predicted molar refractivity (Wildman–Crippen MR) is 50.3 cm³/mol. The van der Waals surface area contributed by atoms with E-state index in [4.69, 9.17) is 4.74 Å². The first-order valence-electron chi connectivity index (χ1n) is 4.75. The minimum absolute atomic E-state index is 0.795. The van der Waals surface area contributed by atoms with Gasteiger partial charge in [0, 0.05) is 13.7 Å². The van der Waals surface area contributed by atoms with Crippen molar-refractivity contribution in [2.45, 2.75) is 6.92 Å². The van der Waals surface area contributed by atoms with Crippen LogP contribution in [-0.4, -0.2) is 39.9 Å². The quantitative estimate of drug-likeness (QED) is 0.557. The van der Waals surface area contributed by atoms with Crippen molar-refractivity contribution in [3.05, 3.63) is 0 Å². The second-order valence-electron chi connectivity index (χ2n) is 3.59. The predicted octanol–water partition coefficient (Wildman–Crippen LogP) is 0.0779. The van der Waals surface area contributed by atoms with Crippen molar-refractivity contribution in [2.24, 2.45) is 11.8 Å². The second kappa shape index (κ2) is 5.51. The van der Waals surface area contributed by atoms with Gasteiger partial charge in [-0.05, 0) is 31.5 Å². The lowest BCUT2D eigenvalue weighted by molar-refractivity contribution is 0.191. The Hall–Kier alpha value is -0.120. The molecule has 0 saturated carbocycles. The Bertz CT molecular complexity index is 115. The van der Waals surface area contributed by atoms with Gasteiger partial charge in [0.05, 0.1) is 6.61 Å². The van der Waals surface area contributed by atoms with Crippen molar-refractivity contribution in [2.75, 3.05) is 39.9 Å². The molecule has 12 heavy (non-hydrogen) atoms. The van der Waals surface area contributed by atoms with Crippen LogP contribution >= 0.6 is 0 Å². The van der Waals surface area contributed by atoms with Crippen LogP contribution in [0.5, 0.6) is 0 Å². The lowest BCUT2D eigenvalue weighted by Gasteiger charge is -2.32. The lowest BCUT2D eigenvalue weighted by Crippen LogP contribution is -2.47. The molecule has 1 heterocycles. The highest BCUT2D eigenvalue weighted by Crippen LogP contribution is 2.14. The Kier molecular flexibility index (Phi) is 4.58. The van der Waals surface area contributed by atoms with E-state index in [9.17, 15) is 0 Å². The molecular formula is C9H20N2O. The minimum atomic E-state index is 0.795. The van der Waals surface area contributed by atoms with E-state index in [1.54, 1.807) is 7.11 Å². The van der Waals surface area contributed by atoms with Crippen LogP contribution in [0.2, 0.25) is 0 Å². The summed E-state index contributed by atoms with van der Waals surface area (Å²) in [5, 5.41) is 6.67. The fourth-order valence-electron chi connectivity index (χ4n) is 1.38. The summed E-state index contributed by atoms with van der Waals surface area (Å²) in [6.45, 7) is 7.62. The van der Waals surface area contributed by atoms with Gasteiger partial charge in [-0.15, -0.1) is 0 Å². The van der Waals surface area contributed by atoms with E-state index in [1.165, 1.54) is 13.1 Å². The van der Waals surface area contributed by atoms with Gasteiger partial charge in [-0.25, -0.2) is 0 Å². The summed E-state index contributed by atoms with van der Waals surface area (Å²) in [4.78, 5) is 0. The van der Waals surface area contributed by atoms with E-state index in [-0.39, 0.29) is 0 Å². The number of rotatable bonds is 6. The Morgan fingerprint density at radius 1 is 1.58 bits per heavy atom. The molecule has 1 unspecified atom stereocenters. The topological polar surface area (TPSA) is 33.3 Å². The highest BCUT2D eigenvalue weighted by molar-refractivity contribution is 4.80. The fourth-order valence-corrected chi connectivity index (χ4v) is 1.38. The summed E-state index contributed by atoms with van der Waals surface area (Å²) in [7, 11) is 1.74. The maximum Gasteiger partial charge on any atom is 0.0587 e. The van der Waals surface area contributed by atoms with Crippen molar-refractivity contribution in [1.82, 2.24) is 10.6 Å². The summed E-state index contributed by atoms with van der Waals surface area (Å²) < 4.78 is 4.95. The molecule has 1 atom stereocenters. The van der Waals surface area contributed by atoms with Gasteiger partial charge in [-0.3, -0.25) is 0 Å². The van der Waals surface area contributed by atoms with Crippen LogP contribution in [-0.2, 0) is 4.74 Å². The molecule has 0 aromatic rings. The van der Waals surface area contributed by atoms with Gasteiger partial charge in [-0.2, -0.15) is 0 Å². The average molecular weight is 172 g/mol. The van der Waals surface area contributed by atoms with Crippen molar-refractivity contribution >= 4 is 0 Å². The maximum atomic E-state index is 4.95. The molecular weight excluding hydrogens is 152 g/mol. The molecule has 0 aromatic heterocycles. The van der Waals surface area contributed by atoms with Gasteiger partial charge < -0.3 is 15.4 Å². The number of nitrogens with one attached hydrogen (secondary N) is 2. The molecule has 0 radical (unpaired) electrons. The molecule has 0 amide bonds. The third-order valence-corrected chi connectivity index (χ3v) is 2.57. The van der Waals surface area contributed by atoms with Crippen LogP contribution in [0.4, 0.5) is 0 Å². The molecule has 1 aliphatic heterocycles. The normalized spacial score (nSPS) is 20.5. The van der Waals surface area contributed by atoms with Crippen molar-refractivity contribution < 1.29 is 4.74 Å². The van der Waals surface area contributed by atoms with Crippen LogP contribution < -0.4 is 10.6 Å². The first-order chi connectivity index (χ1) is 5.84. The van der Waals surface area contributed by atoms with E-state index >= 15 is 0 Å². The first-order valence-corrected chi connectivity index (χ1v) is 4.75. The number of methoxy groups -OCH3 is 1. The molecule has 0 aromatic carbocycles. The zero-order chi connectivity index (χ0) is 8.81. The molecule has 2 N–H and O–H groups in total. The fraction of sp³-hybridized carbons (Fsp3) is 1.00. The maximum absolute atomic E-state index is 4.95. The van der Waals surface area contributed by atoms with Crippen LogP contribution in [0.1, 0.15) is 6.92 Å². The molecule has 0 aliphatic carbocycles. The average Bonchev–Trinajstić information content (AvgIpc) is 1.95. The summed E-state index contributed by atoms with van der Waals surface area (Å²) in [6, 6.07) is 0. The first kappa shape index (κ1) is 9.96. The summed E-state index contributed by atoms with van der Waals surface area (Å²) >= 11 is 0. The zero-order valence-electron chi connectivity index (χ0n) is 8.10. The van der Waals surface area contributed by atoms with Gasteiger partial charge in [0.15, 0.2) is 0 Å². The molecule has 3 nitrogen and oxygen atoms in total. The van der Waals surface area contributed by atoms with Crippen molar-refractivity contribution in [3.63, 3.8) is 0 Å². The van der Waals surface area contributed by atoms with E-state index in [0.29, 0.717) is 0 Å². The summed E-state index contributed by atoms with van der Waals surface area (Å²) in [5.74, 6) is 1.68. The molecule has 3 heteroatoms. The second-order valence-corrected chi connectivity index (χ2v) is 3.59. The molecule has 1 rings (SSSR count). The third kappa shape index (κ3) is 3.09. The Balaban J connectivity index is 1.91. The van der Waals surface area contributed by atoms with E-state index in [1.807, 2.05) is 0 Å². The van der Waals surface area contributed by atoms with E-state index in [2.05, 4.69) is 17.6 Å². The Labute approximate surface area is 74.9 Å². The smallest absolute Gasteiger partial charge is 0.0587 e. The molecule has 72 valence electrons. The van der Waals surface area contributed by atoms with E-state index in [0.717, 1.165) is 31.5 Å². The van der Waals surface area contributed by atoms with Crippen molar-refractivity contribution in [3.8, 4) is 0 Å². The zero-order valence-corrected chi connectivity index (χ0v) is 8.10. The monoisotopic (exact) mass is 172 g/mol. The standard InChI is InChI=1S/C9H20N2O/c1-8(9-6-11-7-9)5-10-3-4-12-2/h8-11H,3-7H2,1-2H3. The minimum Gasteiger partial charge on any atom is -0.383 e. The van der Waals surface area contributed by atoms with Crippen LogP contribution in [0.3, 0.4) is 0 Å². The Morgan fingerprint density at radius 2 is 2.33 bits per heavy atom. The van der Waals surface area contributed by atoms with Gasteiger partial charge in [0.2, 0.25) is 0 Å². The SMILES string of the molecule is COCCNCC(C)C1CNC1. The number of hydrogen-bond acceptors (Lipinski definition) is 3. The summed E-state index contributed by atoms with van der Waals surface area (Å²) in [5.41, 5.74) is 0. The van der Waals surface area contributed by atoms with Crippen LogP contribution in [0.15, 0.2) is 0 Å². The van der Waals surface area contributed by atoms with Gasteiger partial charge >= 0.3 is 0 Å². The number of ether oxygens (including phenoxy) is 1. The van der Waals surface area contributed by atoms with Gasteiger partial charge in [-0.1, -0.05) is 6.92 Å². The highest BCUT2D eigenvalue weighted by Gasteiger charge is 2.22. The Morgan fingerprint density at radius 3 is 2.83 bits per heavy atom. The molecule has 1 fully saturated rings.